The van der Waals surface area contributed by atoms with Crippen molar-refractivity contribution in [2.75, 3.05) is 14.2 Å². The van der Waals surface area contributed by atoms with Crippen LogP contribution in [0, 0.1) is 5.41 Å². The molecule has 8 heteroatoms. The fourth-order valence-corrected chi connectivity index (χ4v) is 4.10. The summed E-state index contributed by atoms with van der Waals surface area (Å²) in [6.45, 7) is 0. The van der Waals surface area contributed by atoms with E-state index in [1.165, 1.54) is 7.05 Å². The number of hydrogen-bond acceptors (Lipinski definition) is 5. The number of likely N-dealkylation sites (N-methyl/N-ethyl adjacent to an activating group) is 1. The smallest absolute Gasteiger partial charge is 0.244 e. The van der Waals surface area contributed by atoms with Crippen molar-refractivity contribution in [1.82, 2.24) is 16.1 Å². The van der Waals surface area contributed by atoms with E-state index in [1.807, 2.05) is 36.4 Å². The molecule has 0 radical (unpaired) electrons. The maximum Gasteiger partial charge on any atom is 0.244 e. The molecule has 1 atom stereocenters. The van der Waals surface area contributed by atoms with E-state index in [4.69, 9.17) is 9.94 Å². The maximum atomic E-state index is 13.4. The van der Waals surface area contributed by atoms with Crippen LogP contribution >= 0.6 is 0 Å². The molecule has 1 aliphatic carbocycles. The zero-order chi connectivity index (χ0) is 22.4. The van der Waals surface area contributed by atoms with Crippen molar-refractivity contribution in [3.8, 4) is 5.75 Å². The first-order valence-corrected chi connectivity index (χ1v) is 10.1. The standard InChI is InChI=1S/C23H27N3O5/c1-24-21(28)19(11-15-7-9-18(31-2)10-8-15)25-22(29)23(14-20(27)26-30)12-16-5-3-4-6-17(16)13-23/h3-10,19,30H,11-14H2,1-2H3,(H,24,28)(H,25,29)(H,26,27)/t19-/m0/s1. The van der Waals surface area contributed by atoms with Crippen molar-refractivity contribution < 1.29 is 24.3 Å². The normalized spacial score (nSPS) is 14.8. The lowest BCUT2D eigenvalue weighted by molar-refractivity contribution is -0.141. The molecular formula is C23H27N3O5. The van der Waals surface area contributed by atoms with Gasteiger partial charge < -0.3 is 15.4 Å². The number of rotatable bonds is 8. The number of methoxy groups -OCH3 is 1. The third kappa shape index (κ3) is 5.03. The average Bonchev–Trinajstić information content (AvgIpc) is 3.17. The molecule has 0 bridgehead atoms. The molecule has 2 aromatic rings. The van der Waals surface area contributed by atoms with Gasteiger partial charge in [-0.25, -0.2) is 5.48 Å². The summed E-state index contributed by atoms with van der Waals surface area (Å²) >= 11 is 0. The van der Waals surface area contributed by atoms with Gasteiger partial charge in [0.15, 0.2) is 0 Å². The zero-order valence-corrected chi connectivity index (χ0v) is 17.6. The van der Waals surface area contributed by atoms with Gasteiger partial charge in [0.2, 0.25) is 17.7 Å². The Balaban J connectivity index is 1.83. The summed E-state index contributed by atoms with van der Waals surface area (Å²) in [6, 6.07) is 14.1. The fraction of sp³-hybridized carbons (Fsp3) is 0.348. The number of benzene rings is 2. The number of hydroxylamine groups is 1. The molecule has 3 rings (SSSR count). The molecule has 0 saturated carbocycles. The molecule has 0 aromatic heterocycles. The first-order valence-electron chi connectivity index (χ1n) is 10.1. The Bertz CT molecular complexity index is 933. The van der Waals surface area contributed by atoms with E-state index < -0.39 is 23.3 Å². The predicted molar refractivity (Wildman–Crippen MR) is 114 cm³/mol. The quantitative estimate of drug-likeness (QED) is 0.374. The summed E-state index contributed by atoms with van der Waals surface area (Å²) in [4.78, 5) is 38.0. The van der Waals surface area contributed by atoms with Gasteiger partial charge in [0.25, 0.3) is 0 Å². The molecule has 0 heterocycles. The first-order chi connectivity index (χ1) is 14.9. The van der Waals surface area contributed by atoms with Gasteiger partial charge in [-0.3, -0.25) is 19.6 Å². The fourth-order valence-electron chi connectivity index (χ4n) is 4.10. The number of carbonyl (C=O) groups excluding carboxylic acids is 3. The van der Waals surface area contributed by atoms with Gasteiger partial charge in [-0.05, 0) is 41.7 Å². The molecule has 0 aliphatic heterocycles. The Kier molecular flexibility index (Phi) is 6.91. The lowest BCUT2D eigenvalue weighted by atomic mass is 9.79. The van der Waals surface area contributed by atoms with Crippen LogP contribution < -0.4 is 20.9 Å². The lowest BCUT2D eigenvalue weighted by Gasteiger charge is -2.29. The lowest BCUT2D eigenvalue weighted by Crippen LogP contribution is -2.53. The highest BCUT2D eigenvalue weighted by atomic mass is 16.5. The predicted octanol–water partition coefficient (Wildman–Crippen LogP) is 1.15. The minimum atomic E-state index is -1.08. The van der Waals surface area contributed by atoms with Crippen LogP contribution in [0.2, 0.25) is 0 Å². The van der Waals surface area contributed by atoms with Crippen LogP contribution in [0.4, 0.5) is 0 Å². The largest absolute Gasteiger partial charge is 0.497 e. The SMILES string of the molecule is CNC(=O)[C@H](Cc1ccc(OC)cc1)NC(=O)C1(CC(=O)NO)Cc2ccccc2C1. The molecule has 0 unspecified atom stereocenters. The van der Waals surface area contributed by atoms with Crippen molar-refractivity contribution in [2.45, 2.75) is 31.7 Å². The number of nitrogens with one attached hydrogen (secondary N) is 3. The molecule has 0 fully saturated rings. The van der Waals surface area contributed by atoms with Crippen LogP contribution in [0.1, 0.15) is 23.1 Å². The summed E-state index contributed by atoms with van der Waals surface area (Å²) in [5.74, 6) is -0.674. The molecule has 3 amide bonds. The van der Waals surface area contributed by atoms with E-state index in [0.717, 1.165) is 16.7 Å². The minimum Gasteiger partial charge on any atom is -0.497 e. The highest BCUT2D eigenvalue weighted by molar-refractivity contribution is 5.93. The molecule has 0 spiro atoms. The molecule has 31 heavy (non-hydrogen) atoms. The van der Waals surface area contributed by atoms with E-state index in [9.17, 15) is 14.4 Å². The van der Waals surface area contributed by atoms with Crippen LogP contribution in [0.25, 0.3) is 0 Å². The second kappa shape index (κ2) is 9.61. The molecule has 164 valence electrons. The van der Waals surface area contributed by atoms with E-state index >= 15 is 0 Å². The van der Waals surface area contributed by atoms with Crippen LogP contribution in [-0.2, 0) is 33.6 Å². The van der Waals surface area contributed by atoms with Gasteiger partial charge >= 0.3 is 0 Å². The third-order valence-corrected chi connectivity index (χ3v) is 5.75. The number of carbonyl (C=O) groups is 3. The van der Waals surface area contributed by atoms with Crippen molar-refractivity contribution in [1.29, 1.82) is 0 Å². The van der Waals surface area contributed by atoms with Gasteiger partial charge in [0.1, 0.15) is 11.8 Å². The Morgan fingerprint density at radius 3 is 2.19 bits per heavy atom. The Morgan fingerprint density at radius 1 is 1.06 bits per heavy atom. The summed E-state index contributed by atoms with van der Waals surface area (Å²) in [5.41, 5.74) is 3.36. The third-order valence-electron chi connectivity index (χ3n) is 5.75. The molecule has 4 N–H and O–H groups in total. The topological polar surface area (TPSA) is 117 Å². The molecular weight excluding hydrogens is 398 g/mol. The Labute approximate surface area is 180 Å². The average molecular weight is 425 g/mol. The van der Waals surface area contributed by atoms with Crippen LogP contribution in [0.3, 0.4) is 0 Å². The molecule has 1 aliphatic rings. The Morgan fingerprint density at radius 2 is 1.68 bits per heavy atom. The zero-order valence-electron chi connectivity index (χ0n) is 17.6. The maximum absolute atomic E-state index is 13.4. The van der Waals surface area contributed by atoms with Gasteiger partial charge in [-0.1, -0.05) is 36.4 Å². The van der Waals surface area contributed by atoms with E-state index in [2.05, 4.69) is 10.6 Å². The number of fused-ring (bicyclic) bond motifs is 1. The van der Waals surface area contributed by atoms with Gasteiger partial charge in [0.05, 0.1) is 12.5 Å². The number of hydrogen-bond donors (Lipinski definition) is 4. The van der Waals surface area contributed by atoms with Crippen LogP contribution in [0.5, 0.6) is 5.75 Å². The van der Waals surface area contributed by atoms with Crippen LogP contribution in [0.15, 0.2) is 48.5 Å². The highest BCUT2D eigenvalue weighted by Gasteiger charge is 2.46. The minimum absolute atomic E-state index is 0.187. The van der Waals surface area contributed by atoms with Crippen molar-refractivity contribution in [2.24, 2.45) is 5.41 Å². The summed E-state index contributed by atoms with van der Waals surface area (Å²) < 4.78 is 5.16. The van der Waals surface area contributed by atoms with E-state index in [1.54, 1.807) is 24.7 Å². The molecule has 0 saturated heterocycles. The van der Waals surface area contributed by atoms with E-state index in [0.29, 0.717) is 18.6 Å². The second-order valence-corrected chi connectivity index (χ2v) is 7.81. The summed E-state index contributed by atoms with van der Waals surface area (Å²) in [5, 5.41) is 14.5. The first kappa shape index (κ1) is 22.3. The number of amides is 3. The monoisotopic (exact) mass is 425 g/mol. The number of ether oxygens (including phenoxy) is 1. The van der Waals surface area contributed by atoms with Gasteiger partial charge in [-0.2, -0.15) is 0 Å². The van der Waals surface area contributed by atoms with E-state index in [-0.39, 0.29) is 18.7 Å². The molecule has 2 aromatic carbocycles. The van der Waals surface area contributed by atoms with Crippen molar-refractivity contribution in [3.05, 3.63) is 65.2 Å². The van der Waals surface area contributed by atoms with Crippen LogP contribution in [-0.4, -0.2) is 43.1 Å². The van der Waals surface area contributed by atoms with Crippen molar-refractivity contribution >= 4 is 17.7 Å². The highest BCUT2D eigenvalue weighted by Crippen LogP contribution is 2.40. The van der Waals surface area contributed by atoms with Gasteiger partial charge in [0, 0.05) is 19.9 Å². The Hall–Kier alpha value is -3.39. The summed E-state index contributed by atoms with van der Waals surface area (Å²) in [7, 11) is 3.08. The second-order valence-electron chi connectivity index (χ2n) is 7.81. The molecule has 8 nitrogen and oxygen atoms in total. The summed E-state index contributed by atoms with van der Waals surface area (Å²) in [6.07, 6.45) is 0.800. The van der Waals surface area contributed by atoms with Gasteiger partial charge in [-0.15, -0.1) is 0 Å². The van der Waals surface area contributed by atoms with Crippen molar-refractivity contribution in [3.63, 3.8) is 0 Å².